The van der Waals surface area contributed by atoms with Crippen molar-refractivity contribution in [2.45, 2.75) is 19.2 Å². The van der Waals surface area contributed by atoms with Gasteiger partial charge >= 0.3 is 0 Å². The zero-order valence-corrected chi connectivity index (χ0v) is 10.1. The van der Waals surface area contributed by atoms with E-state index in [0.717, 1.165) is 0 Å². The maximum atomic E-state index is 10.6. The highest BCUT2D eigenvalue weighted by atomic mass is 16.6. The fourth-order valence-electron chi connectivity index (χ4n) is 1.94. The lowest BCUT2D eigenvalue weighted by molar-refractivity contribution is -0.486. The summed E-state index contributed by atoms with van der Waals surface area (Å²) in [5.74, 6) is 0. The van der Waals surface area contributed by atoms with E-state index >= 15 is 0 Å². The number of rotatable bonds is 4. The second-order valence-electron chi connectivity index (χ2n) is 3.63. The van der Waals surface area contributed by atoms with Crippen LogP contribution in [0.15, 0.2) is 11.4 Å². The summed E-state index contributed by atoms with van der Waals surface area (Å²) < 4.78 is 5.20. The quantitative estimate of drug-likeness (QED) is 0.542. The third-order valence-corrected chi connectivity index (χ3v) is 2.65. The van der Waals surface area contributed by atoms with Gasteiger partial charge < -0.3 is 15.0 Å². The molecular formula is C10H13N5O3. The van der Waals surface area contributed by atoms with Gasteiger partial charge in [-0.1, -0.05) is 0 Å². The molecule has 0 unspecified atom stereocenters. The Kier molecular flexibility index (Phi) is 4.46. The van der Waals surface area contributed by atoms with Gasteiger partial charge in [0.05, 0.1) is 0 Å². The number of methoxy groups -OCH3 is 1. The van der Waals surface area contributed by atoms with Crippen molar-refractivity contribution in [2.24, 2.45) is 0 Å². The summed E-state index contributed by atoms with van der Waals surface area (Å²) in [6, 6.07) is 3.09. The molecule has 0 aliphatic carbocycles. The van der Waals surface area contributed by atoms with Crippen LogP contribution < -0.4 is 5.32 Å². The molecule has 0 bridgehead atoms. The van der Waals surface area contributed by atoms with Gasteiger partial charge in [0.25, 0.3) is 0 Å². The van der Waals surface area contributed by atoms with Crippen LogP contribution in [-0.2, 0) is 4.74 Å². The highest BCUT2D eigenvalue weighted by Gasteiger charge is 2.38. The smallest absolute Gasteiger partial charge is 0.228 e. The van der Waals surface area contributed by atoms with Crippen LogP contribution in [0.4, 0.5) is 0 Å². The summed E-state index contributed by atoms with van der Waals surface area (Å²) in [5.41, 5.74) is 0.186. The van der Waals surface area contributed by atoms with Gasteiger partial charge in [-0.15, -0.1) is 0 Å². The monoisotopic (exact) mass is 251 g/mol. The van der Waals surface area contributed by atoms with Crippen molar-refractivity contribution in [3.05, 3.63) is 21.5 Å². The molecule has 1 heterocycles. The average Bonchev–Trinajstić information content (AvgIpc) is 2.36. The molecule has 0 saturated carbocycles. The van der Waals surface area contributed by atoms with E-state index in [-0.39, 0.29) is 17.9 Å². The van der Waals surface area contributed by atoms with Gasteiger partial charge in [-0.2, -0.15) is 10.5 Å². The summed E-state index contributed by atoms with van der Waals surface area (Å²) in [6.07, 6.45) is -0.646. The normalized spacial score (nSPS) is 23.0. The maximum absolute atomic E-state index is 10.6. The Morgan fingerprint density at radius 2 is 2.22 bits per heavy atom. The summed E-state index contributed by atoms with van der Waals surface area (Å²) in [7, 11) is 1.41. The fraction of sp³-hybridized carbons (Fsp3) is 0.600. The first-order chi connectivity index (χ1) is 8.58. The minimum atomic E-state index is -0.670. The highest BCUT2D eigenvalue weighted by Crippen LogP contribution is 2.21. The lowest BCUT2D eigenvalue weighted by Crippen LogP contribution is -2.57. The van der Waals surface area contributed by atoms with Crippen LogP contribution in [-0.4, -0.2) is 42.3 Å². The number of nitro groups is 1. The Morgan fingerprint density at radius 3 is 2.61 bits per heavy atom. The second-order valence-corrected chi connectivity index (χ2v) is 3.63. The van der Waals surface area contributed by atoms with E-state index in [1.54, 1.807) is 11.8 Å². The number of ether oxygens (including phenoxy) is 1. The molecule has 1 aliphatic rings. The maximum Gasteiger partial charge on any atom is 0.228 e. The summed E-state index contributed by atoms with van der Waals surface area (Å²) >= 11 is 0. The van der Waals surface area contributed by atoms with Gasteiger partial charge in [-0.25, -0.2) is 0 Å². The molecule has 0 aromatic rings. The van der Waals surface area contributed by atoms with Crippen molar-refractivity contribution in [3.63, 3.8) is 0 Å². The zero-order valence-electron chi connectivity index (χ0n) is 10.1. The van der Waals surface area contributed by atoms with Gasteiger partial charge in [0.1, 0.15) is 23.9 Å². The zero-order chi connectivity index (χ0) is 13.7. The molecule has 8 nitrogen and oxygen atoms in total. The Labute approximate surface area is 104 Å². The molecule has 0 saturated heterocycles. The van der Waals surface area contributed by atoms with E-state index in [1.165, 1.54) is 7.11 Å². The van der Waals surface area contributed by atoms with Crippen molar-refractivity contribution in [2.75, 3.05) is 20.2 Å². The third kappa shape index (κ3) is 2.50. The van der Waals surface area contributed by atoms with Crippen LogP contribution in [0.25, 0.3) is 0 Å². The summed E-state index contributed by atoms with van der Waals surface area (Å²) in [4.78, 5) is 11.7. The van der Waals surface area contributed by atoms with Gasteiger partial charge in [-0.3, -0.25) is 10.1 Å². The first-order valence-corrected chi connectivity index (χ1v) is 5.31. The van der Waals surface area contributed by atoms with Gasteiger partial charge in [0, 0.05) is 18.6 Å². The predicted octanol–water partition coefficient (Wildman–Crippen LogP) is -0.212. The molecule has 0 amide bonds. The molecule has 1 rings (SSSR count). The van der Waals surface area contributed by atoms with E-state index < -0.39 is 17.2 Å². The number of nitriles is 2. The van der Waals surface area contributed by atoms with Crippen molar-refractivity contribution >= 4 is 0 Å². The fourth-order valence-corrected chi connectivity index (χ4v) is 1.94. The second kappa shape index (κ2) is 5.84. The molecule has 96 valence electrons. The number of likely N-dealkylation sites (N-methyl/N-ethyl adjacent to an activating group) is 1. The minimum Gasteiger partial charge on any atom is -0.361 e. The van der Waals surface area contributed by atoms with Crippen LogP contribution in [0.3, 0.4) is 0 Å². The summed E-state index contributed by atoms with van der Waals surface area (Å²) in [6.45, 7) is 1.81. The number of hydrogen-bond donors (Lipinski definition) is 1. The molecule has 0 aromatic heterocycles. The van der Waals surface area contributed by atoms with Crippen LogP contribution in [0.1, 0.15) is 6.92 Å². The number of allylic oxidation sites excluding steroid dienone is 2. The molecule has 1 N–H and O–H groups in total. The molecule has 0 fully saturated rings. The average molecular weight is 251 g/mol. The molecule has 1 aliphatic heterocycles. The van der Waals surface area contributed by atoms with E-state index in [2.05, 4.69) is 5.32 Å². The van der Waals surface area contributed by atoms with E-state index in [0.29, 0.717) is 6.54 Å². The Balaban J connectivity index is 3.15. The third-order valence-electron chi connectivity index (χ3n) is 2.65. The van der Waals surface area contributed by atoms with E-state index in [4.69, 9.17) is 15.3 Å². The van der Waals surface area contributed by atoms with Crippen molar-refractivity contribution in [1.82, 2.24) is 10.2 Å². The lowest BCUT2D eigenvalue weighted by atomic mass is 10.1. The van der Waals surface area contributed by atoms with Gasteiger partial charge in [0.2, 0.25) is 6.54 Å². The number of nitrogens with one attached hydrogen (secondary N) is 1. The SMILES string of the molecule is CCN1C(C#N)=C(C#N)N[C@H](C[N+](=O)[O-])[C@H]1OC. The highest BCUT2D eigenvalue weighted by molar-refractivity contribution is 5.37. The molecule has 2 atom stereocenters. The van der Waals surface area contributed by atoms with E-state index in [1.807, 2.05) is 12.1 Å². The Hall–Kier alpha value is -2.32. The molecule has 0 spiro atoms. The number of hydrogen-bond acceptors (Lipinski definition) is 7. The Morgan fingerprint density at radius 1 is 1.56 bits per heavy atom. The van der Waals surface area contributed by atoms with Crippen molar-refractivity contribution in [3.8, 4) is 12.1 Å². The largest absolute Gasteiger partial charge is 0.361 e. The minimum absolute atomic E-state index is 0.0412. The van der Waals surface area contributed by atoms with Crippen LogP contribution in [0.2, 0.25) is 0 Å². The molecular weight excluding hydrogens is 238 g/mol. The van der Waals surface area contributed by atoms with Crippen LogP contribution in [0.5, 0.6) is 0 Å². The van der Waals surface area contributed by atoms with Crippen LogP contribution >= 0.6 is 0 Å². The van der Waals surface area contributed by atoms with E-state index in [9.17, 15) is 10.1 Å². The molecule has 0 aromatic carbocycles. The molecule has 8 heteroatoms. The lowest BCUT2D eigenvalue weighted by Gasteiger charge is -2.39. The van der Waals surface area contributed by atoms with Gasteiger partial charge in [-0.05, 0) is 6.92 Å². The number of nitrogens with zero attached hydrogens (tertiary/aromatic N) is 4. The first kappa shape index (κ1) is 13.7. The van der Waals surface area contributed by atoms with Crippen molar-refractivity contribution in [1.29, 1.82) is 10.5 Å². The Bertz CT molecular complexity index is 447. The topological polar surface area (TPSA) is 115 Å². The van der Waals surface area contributed by atoms with Gasteiger partial charge in [0.15, 0.2) is 11.9 Å². The molecule has 18 heavy (non-hydrogen) atoms. The van der Waals surface area contributed by atoms with Crippen LogP contribution in [0, 0.1) is 32.8 Å². The summed E-state index contributed by atoms with van der Waals surface area (Å²) in [5, 5.41) is 31.3. The standard InChI is InChI=1S/C10H13N5O3/c1-3-14-9(5-12)7(4-11)13-8(6-15(16)17)10(14)18-2/h8,10,13H,3,6H2,1-2H3/t8-,10-/m1/s1. The first-order valence-electron chi connectivity index (χ1n) is 5.31. The molecule has 0 radical (unpaired) electrons. The van der Waals surface area contributed by atoms with Crippen molar-refractivity contribution < 1.29 is 9.66 Å². The predicted molar refractivity (Wildman–Crippen MR) is 60.2 cm³/mol.